The van der Waals surface area contributed by atoms with E-state index in [9.17, 15) is 5.11 Å². The summed E-state index contributed by atoms with van der Waals surface area (Å²) in [6.45, 7) is 4.29. The van der Waals surface area contributed by atoms with Gasteiger partial charge >= 0.3 is 0 Å². The molecule has 0 aliphatic heterocycles. The zero-order valence-corrected chi connectivity index (χ0v) is 9.37. The molecule has 1 fully saturated rings. The molecule has 0 spiro atoms. The van der Waals surface area contributed by atoms with Crippen LogP contribution in [0.25, 0.3) is 0 Å². The summed E-state index contributed by atoms with van der Waals surface area (Å²) >= 11 is 0. The Hall–Kier alpha value is -0.0800. The quantitative estimate of drug-likeness (QED) is 0.668. The van der Waals surface area contributed by atoms with Crippen LogP contribution < -0.4 is 0 Å². The highest BCUT2D eigenvalue weighted by Crippen LogP contribution is 2.29. The predicted octanol–water partition coefficient (Wildman–Crippen LogP) is 2.60. The van der Waals surface area contributed by atoms with Gasteiger partial charge in [-0.3, -0.25) is 0 Å². The van der Waals surface area contributed by atoms with Gasteiger partial charge in [-0.15, -0.1) is 0 Å². The van der Waals surface area contributed by atoms with Gasteiger partial charge < -0.3 is 9.84 Å². The maximum absolute atomic E-state index is 9.21. The summed E-state index contributed by atoms with van der Waals surface area (Å²) in [5.41, 5.74) is 0. The topological polar surface area (TPSA) is 29.5 Å². The molecule has 2 unspecified atom stereocenters. The predicted molar refractivity (Wildman–Crippen MR) is 58.3 cm³/mol. The molecular weight excluding hydrogens is 176 g/mol. The third kappa shape index (κ3) is 3.97. The third-order valence-electron chi connectivity index (χ3n) is 3.28. The first-order chi connectivity index (χ1) is 6.88. The highest BCUT2D eigenvalue weighted by atomic mass is 16.5. The minimum atomic E-state index is 0.349. The molecule has 14 heavy (non-hydrogen) atoms. The van der Waals surface area contributed by atoms with Crippen molar-refractivity contribution in [2.45, 2.75) is 45.4 Å². The molecule has 0 radical (unpaired) electrons. The summed E-state index contributed by atoms with van der Waals surface area (Å²) in [7, 11) is 0. The molecule has 0 heterocycles. The normalized spacial score (nSPS) is 27.9. The van der Waals surface area contributed by atoms with Gasteiger partial charge in [-0.25, -0.2) is 0 Å². The third-order valence-corrected chi connectivity index (χ3v) is 3.28. The molecule has 0 aromatic carbocycles. The molecule has 0 bridgehead atoms. The van der Waals surface area contributed by atoms with E-state index in [0.717, 1.165) is 19.6 Å². The van der Waals surface area contributed by atoms with E-state index in [2.05, 4.69) is 6.92 Å². The van der Waals surface area contributed by atoms with E-state index in [1.165, 1.54) is 32.1 Å². The molecule has 1 rings (SSSR count). The zero-order valence-electron chi connectivity index (χ0n) is 9.37. The Balaban J connectivity index is 2.13. The van der Waals surface area contributed by atoms with Crippen molar-refractivity contribution in [3.8, 4) is 0 Å². The van der Waals surface area contributed by atoms with Gasteiger partial charge in [-0.05, 0) is 31.1 Å². The number of rotatable bonds is 6. The molecule has 1 aliphatic rings. The molecule has 1 aliphatic carbocycles. The first-order valence-electron chi connectivity index (χ1n) is 6.07. The van der Waals surface area contributed by atoms with Crippen molar-refractivity contribution in [3.05, 3.63) is 0 Å². The van der Waals surface area contributed by atoms with Crippen LogP contribution in [0.3, 0.4) is 0 Å². The Labute approximate surface area is 87.7 Å². The molecule has 0 aromatic rings. The summed E-state index contributed by atoms with van der Waals surface area (Å²) in [6.07, 6.45) is 7.41. The van der Waals surface area contributed by atoms with Crippen LogP contribution in [0.15, 0.2) is 0 Å². The lowest BCUT2D eigenvalue weighted by Gasteiger charge is -2.29. The van der Waals surface area contributed by atoms with Gasteiger partial charge in [0.15, 0.2) is 0 Å². The average molecular weight is 200 g/mol. The summed E-state index contributed by atoms with van der Waals surface area (Å²) < 4.78 is 5.63. The SMILES string of the molecule is CCCCOCC1CCCCC1CO. The highest BCUT2D eigenvalue weighted by Gasteiger charge is 2.24. The average Bonchev–Trinajstić information content (AvgIpc) is 2.25. The zero-order chi connectivity index (χ0) is 10.2. The van der Waals surface area contributed by atoms with E-state index >= 15 is 0 Å². The first-order valence-corrected chi connectivity index (χ1v) is 6.07. The maximum atomic E-state index is 9.21. The molecule has 0 amide bonds. The second kappa shape index (κ2) is 7.24. The van der Waals surface area contributed by atoms with Crippen molar-refractivity contribution in [2.24, 2.45) is 11.8 Å². The Kier molecular flexibility index (Phi) is 6.20. The van der Waals surface area contributed by atoms with Gasteiger partial charge in [0.2, 0.25) is 0 Å². The van der Waals surface area contributed by atoms with Crippen molar-refractivity contribution in [1.29, 1.82) is 0 Å². The lowest BCUT2D eigenvalue weighted by atomic mass is 9.80. The minimum absolute atomic E-state index is 0.349. The van der Waals surface area contributed by atoms with Crippen LogP contribution in [0, 0.1) is 11.8 Å². The fraction of sp³-hybridized carbons (Fsp3) is 1.00. The molecule has 1 saturated carbocycles. The van der Waals surface area contributed by atoms with E-state index < -0.39 is 0 Å². The van der Waals surface area contributed by atoms with E-state index in [4.69, 9.17) is 4.74 Å². The van der Waals surface area contributed by atoms with Gasteiger partial charge in [0.05, 0.1) is 0 Å². The van der Waals surface area contributed by atoms with Gasteiger partial charge in [0, 0.05) is 19.8 Å². The largest absolute Gasteiger partial charge is 0.396 e. The number of hydrogen-bond donors (Lipinski definition) is 1. The highest BCUT2D eigenvalue weighted by molar-refractivity contribution is 4.74. The Morgan fingerprint density at radius 2 is 1.93 bits per heavy atom. The monoisotopic (exact) mass is 200 g/mol. The summed E-state index contributed by atoms with van der Waals surface area (Å²) in [6, 6.07) is 0. The summed E-state index contributed by atoms with van der Waals surface area (Å²) in [4.78, 5) is 0. The standard InChI is InChI=1S/C12H24O2/c1-2-3-8-14-10-12-7-5-4-6-11(12)9-13/h11-13H,2-10H2,1H3. The van der Waals surface area contributed by atoms with Crippen molar-refractivity contribution < 1.29 is 9.84 Å². The number of aliphatic hydroxyl groups is 1. The van der Waals surface area contributed by atoms with Gasteiger partial charge in [-0.2, -0.15) is 0 Å². The molecular formula is C12H24O2. The molecule has 0 aromatic heterocycles. The smallest absolute Gasteiger partial charge is 0.0497 e. The van der Waals surface area contributed by atoms with Gasteiger partial charge in [-0.1, -0.05) is 26.2 Å². The van der Waals surface area contributed by atoms with Crippen molar-refractivity contribution in [2.75, 3.05) is 19.8 Å². The second-order valence-corrected chi connectivity index (χ2v) is 4.42. The van der Waals surface area contributed by atoms with Crippen LogP contribution in [0.1, 0.15) is 45.4 Å². The van der Waals surface area contributed by atoms with E-state index in [0.29, 0.717) is 18.4 Å². The summed E-state index contributed by atoms with van der Waals surface area (Å²) in [5.74, 6) is 1.12. The number of unbranched alkanes of at least 4 members (excludes halogenated alkanes) is 1. The lowest BCUT2D eigenvalue weighted by molar-refractivity contribution is 0.0376. The van der Waals surface area contributed by atoms with Gasteiger partial charge in [0.25, 0.3) is 0 Å². The molecule has 84 valence electrons. The fourth-order valence-electron chi connectivity index (χ4n) is 2.23. The Morgan fingerprint density at radius 3 is 2.57 bits per heavy atom. The lowest BCUT2D eigenvalue weighted by Crippen LogP contribution is -2.26. The molecule has 2 nitrogen and oxygen atoms in total. The molecule has 1 N–H and O–H groups in total. The Morgan fingerprint density at radius 1 is 1.21 bits per heavy atom. The minimum Gasteiger partial charge on any atom is -0.396 e. The van der Waals surface area contributed by atoms with E-state index in [1.807, 2.05) is 0 Å². The van der Waals surface area contributed by atoms with E-state index in [-0.39, 0.29) is 0 Å². The molecule has 2 heteroatoms. The van der Waals surface area contributed by atoms with Crippen LogP contribution in [0.5, 0.6) is 0 Å². The molecule has 0 saturated heterocycles. The fourth-order valence-corrected chi connectivity index (χ4v) is 2.23. The van der Waals surface area contributed by atoms with Crippen LogP contribution in [0.2, 0.25) is 0 Å². The number of aliphatic hydroxyl groups excluding tert-OH is 1. The second-order valence-electron chi connectivity index (χ2n) is 4.42. The van der Waals surface area contributed by atoms with Crippen LogP contribution in [-0.2, 0) is 4.74 Å². The van der Waals surface area contributed by atoms with Crippen molar-refractivity contribution >= 4 is 0 Å². The van der Waals surface area contributed by atoms with Crippen molar-refractivity contribution in [1.82, 2.24) is 0 Å². The maximum Gasteiger partial charge on any atom is 0.0497 e. The Bertz CT molecular complexity index is 136. The first kappa shape index (κ1) is 12.0. The molecule has 2 atom stereocenters. The number of ether oxygens (including phenoxy) is 1. The van der Waals surface area contributed by atoms with E-state index in [1.54, 1.807) is 0 Å². The van der Waals surface area contributed by atoms with Crippen molar-refractivity contribution in [3.63, 3.8) is 0 Å². The van der Waals surface area contributed by atoms with Crippen LogP contribution >= 0.6 is 0 Å². The van der Waals surface area contributed by atoms with Crippen LogP contribution in [-0.4, -0.2) is 24.9 Å². The van der Waals surface area contributed by atoms with Gasteiger partial charge in [0.1, 0.15) is 0 Å². The van der Waals surface area contributed by atoms with Crippen LogP contribution in [0.4, 0.5) is 0 Å². The summed E-state index contributed by atoms with van der Waals surface area (Å²) in [5, 5.41) is 9.21. The number of hydrogen-bond acceptors (Lipinski definition) is 2.